The van der Waals surface area contributed by atoms with Crippen molar-refractivity contribution in [3.05, 3.63) is 77.9 Å². The second kappa shape index (κ2) is 7.00. The number of hydrogen-bond acceptors (Lipinski definition) is 4. The van der Waals surface area contributed by atoms with Crippen LogP contribution in [0.25, 0.3) is 32.4 Å². The fourth-order valence-electron chi connectivity index (χ4n) is 2.53. The summed E-state index contributed by atoms with van der Waals surface area (Å²) in [5.41, 5.74) is 3.96. The van der Waals surface area contributed by atoms with Crippen molar-refractivity contribution in [3.8, 4) is 32.4 Å². The average molecular weight is 381 g/mol. The third-order valence-electron chi connectivity index (χ3n) is 3.76. The topological polar surface area (TPSA) is 25.8 Å². The number of thiazole rings is 1. The van der Waals surface area contributed by atoms with Crippen molar-refractivity contribution < 1.29 is 0 Å². The number of hydrogen-bond donors (Lipinski definition) is 1. The van der Waals surface area contributed by atoms with Crippen LogP contribution >= 0.6 is 35.6 Å². The van der Waals surface area contributed by atoms with Gasteiger partial charge in [0.05, 0.1) is 16.3 Å². The van der Waals surface area contributed by atoms with Crippen molar-refractivity contribution in [1.82, 2.24) is 9.97 Å². The molecular formula is C20H13ClN2S2. The highest BCUT2D eigenvalue weighted by Gasteiger charge is 2.16. The highest BCUT2D eigenvalue weighted by molar-refractivity contribution is 7.80. The highest BCUT2D eigenvalue weighted by atomic mass is 35.5. The Hall–Kier alpha value is -2.14. The molecule has 0 unspecified atom stereocenters. The lowest BCUT2D eigenvalue weighted by molar-refractivity contribution is 1.29. The first-order chi connectivity index (χ1) is 12.2. The third kappa shape index (κ3) is 3.47. The van der Waals surface area contributed by atoms with E-state index in [-0.39, 0.29) is 0 Å². The Bertz CT molecular complexity index is 931. The summed E-state index contributed by atoms with van der Waals surface area (Å²) in [6.07, 6.45) is 1.79. The van der Waals surface area contributed by atoms with E-state index >= 15 is 0 Å². The van der Waals surface area contributed by atoms with E-state index in [2.05, 4.69) is 29.7 Å². The maximum absolute atomic E-state index is 6.04. The molecule has 0 aliphatic rings. The maximum Gasteiger partial charge on any atom is 0.143 e. The molecule has 2 aromatic heterocycles. The van der Waals surface area contributed by atoms with E-state index in [9.17, 15) is 0 Å². The quantitative estimate of drug-likeness (QED) is 0.411. The summed E-state index contributed by atoms with van der Waals surface area (Å²) >= 11 is 12.1. The molecule has 0 atom stereocenters. The van der Waals surface area contributed by atoms with Crippen LogP contribution in [0.4, 0.5) is 0 Å². The summed E-state index contributed by atoms with van der Waals surface area (Å²) in [6.45, 7) is 0. The van der Waals surface area contributed by atoms with Gasteiger partial charge in [-0.15, -0.1) is 24.0 Å². The van der Waals surface area contributed by atoms with Crippen LogP contribution in [0.3, 0.4) is 0 Å². The number of rotatable bonds is 3. The van der Waals surface area contributed by atoms with Crippen molar-refractivity contribution in [3.63, 3.8) is 0 Å². The van der Waals surface area contributed by atoms with E-state index in [4.69, 9.17) is 16.6 Å². The van der Waals surface area contributed by atoms with E-state index < -0.39 is 0 Å². The molecule has 0 saturated carbocycles. The number of thiol groups is 1. The fourth-order valence-corrected chi connectivity index (χ4v) is 3.88. The van der Waals surface area contributed by atoms with Crippen molar-refractivity contribution in [1.29, 1.82) is 0 Å². The molecule has 0 bridgehead atoms. The molecule has 0 aliphatic carbocycles. The van der Waals surface area contributed by atoms with Crippen molar-refractivity contribution in [2.75, 3.05) is 0 Å². The lowest BCUT2D eigenvalue weighted by atomic mass is 10.1. The van der Waals surface area contributed by atoms with Crippen molar-refractivity contribution >= 4 is 35.6 Å². The number of benzene rings is 2. The predicted octanol–water partition coefficient (Wildman–Crippen LogP) is 6.48. The molecule has 0 saturated heterocycles. The second-order valence-electron chi connectivity index (χ2n) is 5.47. The Balaban J connectivity index is 1.89. The van der Waals surface area contributed by atoms with Gasteiger partial charge in [0.1, 0.15) is 5.01 Å². The second-order valence-corrected chi connectivity index (χ2v) is 7.42. The van der Waals surface area contributed by atoms with Gasteiger partial charge in [-0.25, -0.2) is 4.98 Å². The number of pyridine rings is 1. The Morgan fingerprint density at radius 3 is 2.24 bits per heavy atom. The van der Waals surface area contributed by atoms with Crippen LogP contribution < -0.4 is 0 Å². The van der Waals surface area contributed by atoms with Gasteiger partial charge in [-0.2, -0.15) is 0 Å². The molecule has 0 radical (unpaired) electrons. The first-order valence-corrected chi connectivity index (χ1v) is 9.32. The van der Waals surface area contributed by atoms with Crippen LogP contribution in [0.15, 0.2) is 77.8 Å². The van der Waals surface area contributed by atoms with Gasteiger partial charge in [-0.3, -0.25) is 4.98 Å². The molecule has 122 valence electrons. The van der Waals surface area contributed by atoms with Crippen LogP contribution in [-0.2, 0) is 0 Å². The standard InChI is InChI=1S/C20H13ClN2S2/c21-15-8-4-13(5-9-15)18-19(14-6-10-16(24)11-7-14)25-20(23-18)17-3-1-2-12-22-17/h1-12,24H. The largest absolute Gasteiger partial charge is 0.254 e. The Kier molecular flexibility index (Phi) is 4.57. The highest BCUT2D eigenvalue weighted by Crippen LogP contribution is 2.40. The lowest BCUT2D eigenvalue weighted by Gasteiger charge is -2.03. The van der Waals surface area contributed by atoms with Crippen LogP contribution in [0, 0.1) is 0 Å². The van der Waals surface area contributed by atoms with E-state index in [1.165, 1.54) is 0 Å². The molecule has 25 heavy (non-hydrogen) atoms. The average Bonchev–Trinajstić information content (AvgIpc) is 3.09. The Morgan fingerprint density at radius 2 is 1.56 bits per heavy atom. The molecule has 5 heteroatoms. The number of nitrogens with zero attached hydrogens (tertiary/aromatic N) is 2. The molecule has 4 rings (SSSR count). The first-order valence-electron chi connectivity index (χ1n) is 7.68. The van der Waals surface area contributed by atoms with Gasteiger partial charge in [0, 0.05) is 21.7 Å². The van der Waals surface area contributed by atoms with E-state index in [0.29, 0.717) is 5.02 Å². The minimum absolute atomic E-state index is 0.713. The molecule has 2 heterocycles. The molecule has 2 aromatic carbocycles. The normalized spacial score (nSPS) is 10.8. The molecule has 2 nitrogen and oxygen atoms in total. The van der Waals surface area contributed by atoms with Crippen molar-refractivity contribution in [2.45, 2.75) is 4.90 Å². The summed E-state index contributed by atoms with van der Waals surface area (Å²) in [4.78, 5) is 11.4. The van der Waals surface area contributed by atoms with Crippen LogP contribution in [0.1, 0.15) is 0 Å². The Morgan fingerprint density at radius 1 is 0.840 bits per heavy atom. The van der Waals surface area contributed by atoms with E-state index in [1.54, 1.807) is 17.5 Å². The molecule has 0 spiro atoms. The van der Waals surface area contributed by atoms with Crippen LogP contribution in [-0.4, -0.2) is 9.97 Å². The fraction of sp³-hybridized carbons (Fsp3) is 0. The zero-order valence-corrected chi connectivity index (χ0v) is 15.5. The van der Waals surface area contributed by atoms with Gasteiger partial charge in [0.15, 0.2) is 0 Å². The van der Waals surface area contributed by atoms with Gasteiger partial charge < -0.3 is 0 Å². The molecule has 0 fully saturated rings. The molecule has 0 N–H and O–H groups in total. The van der Waals surface area contributed by atoms with Gasteiger partial charge in [0.2, 0.25) is 0 Å². The first kappa shape index (κ1) is 16.3. The smallest absolute Gasteiger partial charge is 0.143 e. The zero-order chi connectivity index (χ0) is 17.2. The summed E-state index contributed by atoms with van der Waals surface area (Å²) in [7, 11) is 0. The predicted molar refractivity (Wildman–Crippen MR) is 108 cm³/mol. The number of aromatic nitrogens is 2. The van der Waals surface area contributed by atoms with Gasteiger partial charge in [0.25, 0.3) is 0 Å². The third-order valence-corrected chi connectivity index (χ3v) is 5.44. The monoisotopic (exact) mass is 380 g/mol. The summed E-state index contributed by atoms with van der Waals surface area (Å²) in [6, 6.07) is 21.7. The van der Waals surface area contributed by atoms with E-state index in [1.807, 2.05) is 54.6 Å². The van der Waals surface area contributed by atoms with Gasteiger partial charge in [-0.05, 0) is 42.0 Å². The molecular weight excluding hydrogens is 368 g/mol. The van der Waals surface area contributed by atoms with E-state index in [0.717, 1.165) is 37.3 Å². The lowest BCUT2D eigenvalue weighted by Crippen LogP contribution is -1.83. The molecule has 4 aromatic rings. The maximum atomic E-state index is 6.04. The van der Waals surface area contributed by atoms with Crippen molar-refractivity contribution in [2.24, 2.45) is 0 Å². The van der Waals surface area contributed by atoms with Crippen LogP contribution in [0.5, 0.6) is 0 Å². The molecule has 0 amide bonds. The SMILES string of the molecule is Sc1ccc(-c2sc(-c3ccccn3)nc2-c2ccc(Cl)cc2)cc1. The Labute approximate surface area is 160 Å². The minimum atomic E-state index is 0.713. The molecule has 0 aliphatic heterocycles. The van der Waals surface area contributed by atoms with Gasteiger partial charge >= 0.3 is 0 Å². The summed E-state index contributed by atoms with van der Waals surface area (Å²) in [5.74, 6) is 0. The van der Waals surface area contributed by atoms with Crippen LogP contribution in [0.2, 0.25) is 5.02 Å². The number of halogens is 1. The zero-order valence-electron chi connectivity index (χ0n) is 13.1. The van der Waals surface area contributed by atoms with Gasteiger partial charge in [-0.1, -0.05) is 41.9 Å². The minimum Gasteiger partial charge on any atom is -0.254 e. The summed E-state index contributed by atoms with van der Waals surface area (Å²) in [5, 5.41) is 1.61. The summed E-state index contributed by atoms with van der Waals surface area (Å²) < 4.78 is 0.